The number of hydrogen-bond donors (Lipinski definition) is 1. The van der Waals surface area contributed by atoms with Crippen LogP contribution in [0.2, 0.25) is 5.02 Å². The van der Waals surface area contributed by atoms with Crippen LogP contribution in [0.3, 0.4) is 0 Å². The lowest BCUT2D eigenvalue weighted by molar-refractivity contribution is -0.145. The molecule has 0 fully saturated rings. The molecule has 160 valence electrons. The fraction of sp³-hybridized carbons (Fsp3) is 0.318. The Balaban J connectivity index is 0.000000396. The molecule has 0 saturated carbocycles. The number of esters is 1. The highest BCUT2D eigenvalue weighted by molar-refractivity contribution is 6.35. The van der Waals surface area contributed by atoms with Crippen molar-refractivity contribution in [3.05, 3.63) is 69.6 Å². The molecule has 0 aliphatic heterocycles. The van der Waals surface area contributed by atoms with E-state index in [1.54, 1.807) is 37.3 Å². The van der Waals surface area contributed by atoms with Crippen molar-refractivity contribution in [2.45, 2.75) is 39.3 Å². The molecule has 3 rings (SSSR count). The molecule has 0 spiro atoms. The number of carbonyl (C=O) groups is 2. The Kier molecular flexibility index (Phi) is 7.83. The summed E-state index contributed by atoms with van der Waals surface area (Å²) in [7, 11) is 0. The minimum absolute atomic E-state index is 0.229. The molecule has 2 aromatic carbocycles. The van der Waals surface area contributed by atoms with E-state index >= 15 is 0 Å². The van der Waals surface area contributed by atoms with Gasteiger partial charge in [0.1, 0.15) is 5.60 Å². The van der Waals surface area contributed by atoms with E-state index in [9.17, 15) is 14.4 Å². The number of rotatable bonds is 5. The van der Waals surface area contributed by atoms with E-state index in [2.05, 4.69) is 9.72 Å². The van der Waals surface area contributed by atoms with Crippen LogP contribution in [0.4, 0.5) is 0 Å². The first kappa shape index (κ1) is 23.2. The number of para-hydroxylation sites is 1. The third-order valence-electron chi connectivity index (χ3n) is 3.97. The van der Waals surface area contributed by atoms with Gasteiger partial charge in [-0.25, -0.2) is 9.59 Å². The lowest BCUT2D eigenvalue weighted by atomic mass is 10.1. The molecular formula is C22H25ClN2O5. The van der Waals surface area contributed by atoms with Gasteiger partial charge in [-0.2, -0.15) is 0 Å². The largest absolute Gasteiger partial charge is 0.464 e. The van der Waals surface area contributed by atoms with Gasteiger partial charge in [0, 0.05) is 0 Å². The quantitative estimate of drug-likeness (QED) is 0.484. The number of nitrogens with zero attached hydrogens (tertiary/aromatic N) is 1. The number of hydrogen-bond acceptors (Lipinski definition) is 5. The number of aromatic nitrogens is 2. The highest BCUT2D eigenvalue weighted by Gasteiger charge is 2.28. The van der Waals surface area contributed by atoms with Gasteiger partial charge in [0.2, 0.25) is 0 Å². The average molecular weight is 433 g/mol. The predicted octanol–water partition coefficient (Wildman–Crippen LogP) is 4.09. The van der Waals surface area contributed by atoms with E-state index < -0.39 is 17.7 Å². The Labute approximate surface area is 179 Å². The molecule has 0 bridgehead atoms. The lowest BCUT2D eigenvalue weighted by Crippen LogP contribution is -2.30. The summed E-state index contributed by atoms with van der Waals surface area (Å²) in [5, 5.41) is 0.395. The maximum atomic E-state index is 12.5. The van der Waals surface area contributed by atoms with E-state index in [1.807, 2.05) is 39.0 Å². The first-order valence-electron chi connectivity index (χ1n) is 9.41. The molecule has 1 atom stereocenters. The van der Waals surface area contributed by atoms with Gasteiger partial charge in [-0.15, -0.1) is 0 Å². The van der Waals surface area contributed by atoms with Crippen molar-refractivity contribution in [1.29, 1.82) is 0 Å². The standard InChI is InChI=1S/C17H15ClN2O3.C5H10O2/c1-2-23-16(21)14(11-7-4-3-5-8-11)20-15-12(18)9-6-10-13(15)19-17(20)22;1-5(2,3)7-4-6/h3-10,14H,2H2,1H3,(H,19,22);4H,1-3H3. The summed E-state index contributed by atoms with van der Waals surface area (Å²) in [5.74, 6) is -0.499. The molecule has 0 saturated heterocycles. The van der Waals surface area contributed by atoms with Crippen molar-refractivity contribution in [2.24, 2.45) is 0 Å². The van der Waals surface area contributed by atoms with Crippen molar-refractivity contribution < 1.29 is 19.1 Å². The van der Waals surface area contributed by atoms with Crippen LogP contribution in [-0.4, -0.2) is 34.2 Å². The second-order valence-electron chi connectivity index (χ2n) is 7.33. The number of halogens is 1. The summed E-state index contributed by atoms with van der Waals surface area (Å²) >= 11 is 6.26. The third-order valence-corrected chi connectivity index (χ3v) is 4.28. The molecule has 3 aromatic rings. The van der Waals surface area contributed by atoms with Crippen LogP contribution in [-0.2, 0) is 19.1 Å². The van der Waals surface area contributed by atoms with Crippen LogP contribution in [0.1, 0.15) is 39.3 Å². The van der Waals surface area contributed by atoms with Gasteiger partial charge in [-0.3, -0.25) is 9.36 Å². The normalized spacial score (nSPS) is 11.9. The molecule has 30 heavy (non-hydrogen) atoms. The fourth-order valence-corrected chi connectivity index (χ4v) is 3.04. The number of carbonyl (C=O) groups excluding carboxylic acids is 2. The number of nitrogens with one attached hydrogen (secondary N) is 1. The highest BCUT2D eigenvalue weighted by atomic mass is 35.5. The van der Waals surface area contributed by atoms with E-state index in [0.717, 1.165) is 0 Å². The summed E-state index contributed by atoms with van der Waals surface area (Å²) in [4.78, 5) is 37.3. The van der Waals surface area contributed by atoms with Crippen molar-refractivity contribution in [3.63, 3.8) is 0 Å². The Morgan fingerprint density at radius 3 is 2.37 bits per heavy atom. The van der Waals surface area contributed by atoms with Gasteiger partial charge in [-0.05, 0) is 45.4 Å². The van der Waals surface area contributed by atoms with Gasteiger partial charge >= 0.3 is 11.7 Å². The number of ether oxygens (including phenoxy) is 2. The molecule has 8 heteroatoms. The number of fused-ring (bicyclic) bond motifs is 1. The predicted molar refractivity (Wildman–Crippen MR) is 116 cm³/mol. The van der Waals surface area contributed by atoms with Crippen molar-refractivity contribution in [3.8, 4) is 0 Å². The minimum atomic E-state index is -0.891. The molecular weight excluding hydrogens is 408 g/mol. The summed E-state index contributed by atoms with van der Waals surface area (Å²) < 4.78 is 11.1. The molecule has 0 aliphatic carbocycles. The van der Waals surface area contributed by atoms with Crippen LogP contribution in [0.15, 0.2) is 53.3 Å². The summed E-state index contributed by atoms with van der Waals surface area (Å²) in [6, 6.07) is 13.3. The van der Waals surface area contributed by atoms with Crippen LogP contribution < -0.4 is 5.69 Å². The summed E-state index contributed by atoms with van der Waals surface area (Å²) in [6.07, 6.45) is 0. The zero-order valence-electron chi connectivity index (χ0n) is 17.3. The summed E-state index contributed by atoms with van der Waals surface area (Å²) in [6.45, 7) is 7.88. The maximum Gasteiger partial charge on any atom is 0.334 e. The van der Waals surface area contributed by atoms with Gasteiger partial charge in [0.05, 0.1) is 22.7 Å². The van der Waals surface area contributed by atoms with Crippen molar-refractivity contribution in [2.75, 3.05) is 6.61 Å². The number of imidazole rings is 1. The van der Waals surface area contributed by atoms with Gasteiger partial charge in [0.25, 0.3) is 6.47 Å². The molecule has 1 N–H and O–H groups in total. The second kappa shape index (κ2) is 10.1. The lowest BCUT2D eigenvalue weighted by Gasteiger charge is -2.18. The molecule has 0 radical (unpaired) electrons. The van der Waals surface area contributed by atoms with E-state index in [0.29, 0.717) is 28.1 Å². The van der Waals surface area contributed by atoms with E-state index in [-0.39, 0.29) is 12.2 Å². The molecule has 0 aliphatic rings. The number of benzene rings is 2. The second-order valence-corrected chi connectivity index (χ2v) is 7.74. The molecule has 1 aromatic heterocycles. The smallest absolute Gasteiger partial charge is 0.334 e. The third kappa shape index (κ3) is 5.73. The SMILES string of the molecule is CC(C)(C)OC=O.CCOC(=O)C(c1ccccc1)n1c(=O)[nH]c2cccc(Cl)c21. The van der Waals surface area contributed by atoms with Crippen molar-refractivity contribution in [1.82, 2.24) is 9.55 Å². The van der Waals surface area contributed by atoms with E-state index in [1.165, 1.54) is 4.57 Å². The van der Waals surface area contributed by atoms with E-state index in [4.69, 9.17) is 16.3 Å². The Morgan fingerprint density at radius 2 is 1.83 bits per heavy atom. The maximum absolute atomic E-state index is 12.5. The molecule has 1 unspecified atom stereocenters. The average Bonchev–Trinajstić information content (AvgIpc) is 3.00. The van der Waals surface area contributed by atoms with Crippen LogP contribution in [0, 0.1) is 0 Å². The highest BCUT2D eigenvalue weighted by Crippen LogP contribution is 2.27. The van der Waals surface area contributed by atoms with Gasteiger partial charge in [0.15, 0.2) is 6.04 Å². The monoisotopic (exact) mass is 432 g/mol. The Morgan fingerprint density at radius 1 is 1.17 bits per heavy atom. The Bertz CT molecular complexity index is 1050. The summed E-state index contributed by atoms with van der Waals surface area (Å²) in [5.41, 5.74) is 1.000. The van der Waals surface area contributed by atoms with Crippen LogP contribution in [0.5, 0.6) is 0 Å². The first-order chi connectivity index (χ1) is 14.2. The number of aromatic amines is 1. The van der Waals surface area contributed by atoms with Gasteiger partial charge in [-0.1, -0.05) is 48.0 Å². The molecule has 1 heterocycles. The van der Waals surface area contributed by atoms with Crippen LogP contribution in [0.25, 0.3) is 11.0 Å². The zero-order valence-corrected chi connectivity index (χ0v) is 18.1. The Hall–Kier alpha value is -3.06. The van der Waals surface area contributed by atoms with Crippen LogP contribution >= 0.6 is 11.6 Å². The molecule has 0 amide bonds. The first-order valence-corrected chi connectivity index (χ1v) is 9.79. The number of H-pyrrole nitrogens is 1. The molecule has 7 nitrogen and oxygen atoms in total. The minimum Gasteiger partial charge on any atom is -0.464 e. The zero-order chi connectivity index (χ0) is 22.3. The van der Waals surface area contributed by atoms with Crippen molar-refractivity contribution >= 4 is 35.1 Å². The van der Waals surface area contributed by atoms with Gasteiger partial charge < -0.3 is 14.5 Å². The fourth-order valence-electron chi connectivity index (χ4n) is 2.78. The topological polar surface area (TPSA) is 90.4 Å².